The molecule has 3 aromatic carbocycles. The summed E-state index contributed by atoms with van der Waals surface area (Å²) < 4.78 is 40.7. The molecule has 2 N–H and O–H groups in total. The van der Waals surface area contributed by atoms with Crippen molar-refractivity contribution in [1.29, 1.82) is 0 Å². The molecule has 2 heterocycles. The summed E-state index contributed by atoms with van der Waals surface area (Å²) in [4.78, 5) is 33.2. The first-order chi connectivity index (χ1) is 21.0. The minimum atomic E-state index is -3.91. The number of nitrogens with zero attached hydrogens (tertiary/aromatic N) is 3. The molecule has 0 bridgehead atoms. The summed E-state index contributed by atoms with van der Waals surface area (Å²) in [5.74, 6) is -0.552. The molecule has 232 valence electrons. The third kappa shape index (κ3) is 6.27. The Labute approximate surface area is 260 Å². The van der Waals surface area contributed by atoms with Gasteiger partial charge in [-0.1, -0.05) is 25.1 Å². The number of hydrogen-bond donors (Lipinski definition) is 2. The van der Waals surface area contributed by atoms with E-state index in [1.165, 1.54) is 41.9 Å². The van der Waals surface area contributed by atoms with E-state index in [0.717, 1.165) is 4.70 Å². The second kappa shape index (κ2) is 12.9. The number of benzene rings is 3. The van der Waals surface area contributed by atoms with Gasteiger partial charge in [0, 0.05) is 19.5 Å². The van der Waals surface area contributed by atoms with Crippen LogP contribution in [0.5, 0.6) is 11.5 Å². The van der Waals surface area contributed by atoms with E-state index >= 15 is 0 Å². The van der Waals surface area contributed by atoms with E-state index in [9.17, 15) is 23.1 Å². The highest BCUT2D eigenvalue weighted by atomic mass is 32.2. The second-order valence-corrected chi connectivity index (χ2v) is 13.8. The average Bonchev–Trinajstić information content (AvgIpc) is 3.47. The van der Waals surface area contributed by atoms with Crippen LogP contribution in [0.4, 0.5) is 5.69 Å². The molecule has 3 atom stereocenters. The summed E-state index contributed by atoms with van der Waals surface area (Å²) in [6.07, 6.45) is -0.728. The van der Waals surface area contributed by atoms with Crippen LogP contribution in [0.25, 0.3) is 10.2 Å². The Kier molecular flexibility index (Phi) is 9.20. The molecule has 0 saturated heterocycles. The SMILES string of the molecule is COc1ccc(S(=O)(=O)N(C)C[C@@H]2Oc3c(NC(=O)c4nc5ccccc5s4)cccc3C(=O)N([C@@H](C)CO)C[C@H]2C)cc1. The molecular formula is C31H34N4O7S2. The number of nitrogens with one attached hydrogen (secondary N) is 1. The van der Waals surface area contributed by atoms with Gasteiger partial charge in [0.1, 0.15) is 11.9 Å². The number of fused-ring (bicyclic) bond motifs is 2. The third-order valence-corrected chi connectivity index (χ3v) is 10.5. The van der Waals surface area contributed by atoms with E-state index < -0.39 is 28.1 Å². The molecule has 0 saturated carbocycles. The zero-order chi connectivity index (χ0) is 31.6. The van der Waals surface area contributed by atoms with E-state index in [2.05, 4.69) is 10.3 Å². The fraction of sp³-hybridized carbons (Fsp3) is 0.323. The standard InChI is InChI=1S/C31H34N4O7S2/c1-19-16-35(20(2)18-36)31(38)23-8-7-10-25(32-29(37)30-33-24-9-5-6-11-27(24)43-30)28(23)42-26(19)17-34(3)44(39,40)22-14-12-21(41-4)13-15-22/h5-15,19-20,26,36H,16-18H2,1-4H3,(H,32,37)/t19-,20+,26+/m1/s1. The van der Waals surface area contributed by atoms with Gasteiger partial charge in [0.15, 0.2) is 10.8 Å². The number of aliphatic hydroxyl groups excluding tert-OH is 1. The van der Waals surface area contributed by atoms with Crippen molar-refractivity contribution in [3.05, 3.63) is 77.3 Å². The lowest BCUT2D eigenvalue weighted by Crippen LogP contribution is -2.50. The molecule has 2 amide bonds. The number of ether oxygens (including phenoxy) is 2. The van der Waals surface area contributed by atoms with Gasteiger partial charge in [-0.15, -0.1) is 11.3 Å². The number of aromatic nitrogens is 1. The van der Waals surface area contributed by atoms with Gasteiger partial charge < -0.3 is 24.8 Å². The highest BCUT2D eigenvalue weighted by Crippen LogP contribution is 2.36. The van der Waals surface area contributed by atoms with E-state index in [4.69, 9.17) is 9.47 Å². The van der Waals surface area contributed by atoms with Gasteiger partial charge in [0.2, 0.25) is 10.0 Å². The molecule has 0 fully saturated rings. The molecule has 0 radical (unpaired) electrons. The number of thiazole rings is 1. The first-order valence-corrected chi connectivity index (χ1v) is 16.3. The predicted octanol–water partition coefficient (Wildman–Crippen LogP) is 4.10. The molecule has 0 unspecified atom stereocenters. The minimum absolute atomic E-state index is 0.0509. The van der Waals surface area contributed by atoms with E-state index in [0.29, 0.717) is 11.3 Å². The first kappa shape index (κ1) is 31.4. The number of rotatable bonds is 9. The lowest BCUT2D eigenvalue weighted by atomic mass is 9.99. The van der Waals surface area contributed by atoms with Crippen molar-refractivity contribution in [3.8, 4) is 11.5 Å². The largest absolute Gasteiger partial charge is 0.497 e. The number of para-hydroxylation sites is 2. The van der Waals surface area contributed by atoms with Gasteiger partial charge >= 0.3 is 0 Å². The number of amides is 2. The first-order valence-electron chi connectivity index (χ1n) is 14.0. The van der Waals surface area contributed by atoms with E-state index in [1.54, 1.807) is 42.2 Å². The molecule has 5 rings (SSSR count). The molecule has 1 aliphatic heterocycles. The summed E-state index contributed by atoms with van der Waals surface area (Å²) in [7, 11) is -0.938. The lowest BCUT2D eigenvalue weighted by Gasteiger charge is -2.38. The highest BCUT2D eigenvalue weighted by molar-refractivity contribution is 7.89. The maximum Gasteiger partial charge on any atom is 0.284 e. The van der Waals surface area contributed by atoms with Crippen LogP contribution < -0.4 is 14.8 Å². The Balaban J connectivity index is 1.50. The summed E-state index contributed by atoms with van der Waals surface area (Å²) in [6, 6.07) is 17.8. The van der Waals surface area contributed by atoms with Gasteiger partial charge in [-0.3, -0.25) is 9.59 Å². The van der Waals surface area contributed by atoms with Crippen molar-refractivity contribution in [2.45, 2.75) is 30.9 Å². The number of hydrogen-bond acceptors (Lipinski definition) is 9. The lowest BCUT2D eigenvalue weighted by molar-refractivity contribution is 0.0388. The summed E-state index contributed by atoms with van der Waals surface area (Å²) >= 11 is 1.24. The maximum absolute atomic E-state index is 13.8. The molecule has 1 aromatic heterocycles. The minimum Gasteiger partial charge on any atom is -0.497 e. The van der Waals surface area contributed by atoms with E-state index in [-0.39, 0.29) is 58.4 Å². The second-order valence-electron chi connectivity index (χ2n) is 10.7. The van der Waals surface area contributed by atoms with Crippen molar-refractivity contribution in [2.75, 3.05) is 39.2 Å². The molecule has 13 heteroatoms. The summed E-state index contributed by atoms with van der Waals surface area (Å²) in [6.45, 7) is 3.49. The Hall–Kier alpha value is -4.04. The molecule has 0 spiro atoms. The number of carbonyl (C=O) groups is 2. The van der Waals surface area contributed by atoms with Crippen molar-refractivity contribution in [3.63, 3.8) is 0 Å². The normalized spacial score (nSPS) is 17.9. The van der Waals surface area contributed by atoms with Crippen LogP contribution in [0.3, 0.4) is 0 Å². The van der Waals surface area contributed by atoms with Crippen molar-refractivity contribution in [1.82, 2.24) is 14.2 Å². The third-order valence-electron chi connectivity index (χ3n) is 7.63. The zero-order valence-electron chi connectivity index (χ0n) is 24.8. The number of methoxy groups -OCH3 is 1. The van der Waals surface area contributed by atoms with Crippen LogP contribution >= 0.6 is 11.3 Å². The maximum atomic E-state index is 13.8. The Morgan fingerprint density at radius 2 is 1.91 bits per heavy atom. The molecule has 11 nitrogen and oxygen atoms in total. The number of anilines is 1. The smallest absolute Gasteiger partial charge is 0.284 e. The Bertz CT molecular complexity index is 1740. The highest BCUT2D eigenvalue weighted by Gasteiger charge is 2.36. The van der Waals surface area contributed by atoms with Crippen molar-refractivity contribution >= 4 is 49.1 Å². The predicted molar refractivity (Wildman–Crippen MR) is 168 cm³/mol. The van der Waals surface area contributed by atoms with Gasteiger partial charge in [0.05, 0.1) is 52.7 Å². The summed E-state index contributed by atoms with van der Waals surface area (Å²) in [5, 5.41) is 13.0. The topological polar surface area (TPSA) is 138 Å². The monoisotopic (exact) mass is 638 g/mol. The number of carbonyl (C=O) groups excluding carboxylic acids is 2. The Morgan fingerprint density at radius 1 is 1.18 bits per heavy atom. The van der Waals surface area contributed by atoms with E-state index in [1.807, 2.05) is 31.2 Å². The van der Waals surface area contributed by atoms with Crippen LogP contribution in [0.2, 0.25) is 0 Å². The zero-order valence-corrected chi connectivity index (χ0v) is 26.4. The molecule has 1 aliphatic rings. The quantitative estimate of drug-likeness (QED) is 0.280. The number of aliphatic hydroxyl groups is 1. The van der Waals surface area contributed by atoms with Crippen LogP contribution in [0.15, 0.2) is 71.6 Å². The van der Waals surface area contributed by atoms with Crippen LogP contribution in [0, 0.1) is 5.92 Å². The fourth-order valence-corrected chi connectivity index (χ4v) is 7.03. The van der Waals surface area contributed by atoms with Gasteiger partial charge in [-0.05, 0) is 55.5 Å². The average molecular weight is 639 g/mol. The van der Waals surface area contributed by atoms with Gasteiger partial charge in [0.25, 0.3) is 11.8 Å². The molecule has 0 aliphatic carbocycles. The van der Waals surface area contributed by atoms with Crippen LogP contribution in [-0.4, -0.2) is 85.5 Å². The number of likely N-dealkylation sites (N-methyl/N-ethyl adjacent to an activating group) is 1. The number of sulfonamides is 1. The van der Waals surface area contributed by atoms with Crippen molar-refractivity contribution < 1.29 is 32.6 Å². The van der Waals surface area contributed by atoms with Gasteiger partial charge in [-0.2, -0.15) is 4.31 Å². The van der Waals surface area contributed by atoms with Gasteiger partial charge in [-0.25, -0.2) is 13.4 Å². The molecule has 4 aromatic rings. The van der Waals surface area contributed by atoms with Crippen LogP contribution in [0.1, 0.15) is 34.0 Å². The molecule has 44 heavy (non-hydrogen) atoms. The summed E-state index contributed by atoms with van der Waals surface area (Å²) in [5.41, 5.74) is 1.13. The molecular weight excluding hydrogens is 604 g/mol. The van der Waals surface area contributed by atoms with Crippen LogP contribution in [-0.2, 0) is 10.0 Å². The van der Waals surface area contributed by atoms with Crippen molar-refractivity contribution in [2.24, 2.45) is 5.92 Å². The Morgan fingerprint density at radius 3 is 2.59 bits per heavy atom. The fourth-order valence-electron chi connectivity index (χ4n) is 4.98.